The van der Waals surface area contributed by atoms with Crippen molar-refractivity contribution in [1.82, 2.24) is 10.2 Å². The zero-order valence-corrected chi connectivity index (χ0v) is 14.2. The summed E-state index contributed by atoms with van der Waals surface area (Å²) in [7, 11) is 1.80. The number of ether oxygens (including phenoxy) is 1. The van der Waals surface area contributed by atoms with E-state index in [1.54, 1.807) is 7.11 Å². The van der Waals surface area contributed by atoms with Gasteiger partial charge in [0.1, 0.15) is 0 Å². The van der Waals surface area contributed by atoms with Crippen LogP contribution in [0.1, 0.15) is 32.3 Å². The summed E-state index contributed by atoms with van der Waals surface area (Å²) in [5.74, 6) is 0. The normalized spacial score (nSPS) is 21.2. The molecule has 0 aliphatic carbocycles. The van der Waals surface area contributed by atoms with E-state index in [1.807, 2.05) is 0 Å². The molecule has 1 fully saturated rings. The topological polar surface area (TPSA) is 24.5 Å². The summed E-state index contributed by atoms with van der Waals surface area (Å²) in [6.45, 7) is 8.54. The van der Waals surface area contributed by atoms with Crippen LogP contribution in [0, 0.1) is 0 Å². The molecule has 2 atom stereocenters. The van der Waals surface area contributed by atoms with Crippen LogP contribution in [0.15, 0.2) is 35.9 Å². The molecule has 2 unspecified atom stereocenters. The summed E-state index contributed by atoms with van der Waals surface area (Å²) in [6.07, 6.45) is 4.82. The largest absolute Gasteiger partial charge is 0.383 e. The summed E-state index contributed by atoms with van der Waals surface area (Å²) in [5.41, 5.74) is 2.64. The van der Waals surface area contributed by atoms with Crippen molar-refractivity contribution in [2.75, 3.05) is 33.4 Å². The average Bonchev–Trinajstić information content (AvgIpc) is 2.97. The van der Waals surface area contributed by atoms with Crippen LogP contribution in [-0.4, -0.2) is 50.3 Å². The Kier molecular flexibility index (Phi) is 7.10. The van der Waals surface area contributed by atoms with Crippen molar-refractivity contribution in [2.45, 2.75) is 38.8 Å². The number of methoxy groups -OCH3 is 1. The van der Waals surface area contributed by atoms with Gasteiger partial charge in [-0.05, 0) is 38.8 Å². The first-order chi connectivity index (χ1) is 10.7. The summed E-state index contributed by atoms with van der Waals surface area (Å²) in [6, 6.07) is 11.7. The zero-order valence-electron chi connectivity index (χ0n) is 14.2. The monoisotopic (exact) mass is 302 g/mol. The van der Waals surface area contributed by atoms with Crippen LogP contribution in [0.25, 0.3) is 6.08 Å². The molecular formula is C19H30N2O. The van der Waals surface area contributed by atoms with Crippen molar-refractivity contribution in [3.63, 3.8) is 0 Å². The van der Waals surface area contributed by atoms with Crippen LogP contribution in [0.2, 0.25) is 0 Å². The number of rotatable bonds is 8. The van der Waals surface area contributed by atoms with Crippen LogP contribution in [-0.2, 0) is 4.74 Å². The number of benzene rings is 1. The molecule has 2 rings (SSSR count). The second kappa shape index (κ2) is 9.09. The molecule has 0 bridgehead atoms. The Morgan fingerprint density at radius 2 is 2.18 bits per heavy atom. The molecule has 0 radical (unpaired) electrons. The highest BCUT2D eigenvalue weighted by Gasteiger charge is 2.27. The molecular weight excluding hydrogens is 272 g/mol. The first-order valence-electron chi connectivity index (χ1n) is 8.38. The highest BCUT2D eigenvalue weighted by molar-refractivity contribution is 5.52. The van der Waals surface area contributed by atoms with E-state index in [9.17, 15) is 0 Å². The minimum absolute atomic E-state index is 0.562. The molecule has 1 heterocycles. The van der Waals surface area contributed by atoms with Gasteiger partial charge in [0.25, 0.3) is 0 Å². The molecule has 1 N–H and O–H groups in total. The summed E-state index contributed by atoms with van der Waals surface area (Å²) < 4.78 is 5.34. The Balaban J connectivity index is 1.74. The van der Waals surface area contributed by atoms with Gasteiger partial charge in [0.15, 0.2) is 0 Å². The maximum absolute atomic E-state index is 5.34. The zero-order chi connectivity index (χ0) is 15.8. The van der Waals surface area contributed by atoms with E-state index in [0.717, 1.165) is 19.7 Å². The molecule has 1 saturated heterocycles. The van der Waals surface area contributed by atoms with Crippen molar-refractivity contribution in [1.29, 1.82) is 0 Å². The van der Waals surface area contributed by atoms with Gasteiger partial charge >= 0.3 is 0 Å². The lowest BCUT2D eigenvalue weighted by Gasteiger charge is -2.30. The Morgan fingerprint density at radius 3 is 2.91 bits per heavy atom. The first kappa shape index (κ1) is 17.2. The van der Waals surface area contributed by atoms with Crippen molar-refractivity contribution < 1.29 is 4.74 Å². The highest BCUT2D eigenvalue weighted by Crippen LogP contribution is 2.20. The molecule has 1 aliphatic heterocycles. The fourth-order valence-electron chi connectivity index (χ4n) is 3.29. The number of hydrogen-bond donors (Lipinski definition) is 1. The van der Waals surface area contributed by atoms with Gasteiger partial charge in [-0.1, -0.05) is 42.0 Å². The second-order valence-electron chi connectivity index (χ2n) is 6.37. The third kappa shape index (κ3) is 5.24. The van der Waals surface area contributed by atoms with Crippen molar-refractivity contribution in [3.8, 4) is 0 Å². The van der Waals surface area contributed by atoms with Crippen LogP contribution in [0.4, 0.5) is 0 Å². The fraction of sp³-hybridized carbons (Fsp3) is 0.579. The van der Waals surface area contributed by atoms with Gasteiger partial charge in [-0.25, -0.2) is 0 Å². The van der Waals surface area contributed by atoms with E-state index >= 15 is 0 Å². The average molecular weight is 302 g/mol. The fourth-order valence-corrected chi connectivity index (χ4v) is 3.29. The van der Waals surface area contributed by atoms with Crippen LogP contribution < -0.4 is 5.32 Å². The van der Waals surface area contributed by atoms with Crippen molar-refractivity contribution >= 4 is 6.08 Å². The van der Waals surface area contributed by atoms with E-state index in [-0.39, 0.29) is 0 Å². The van der Waals surface area contributed by atoms with Crippen molar-refractivity contribution in [2.24, 2.45) is 0 Å². The third-order valence-electron chi connectivity index (χ3n) is 4.40. The molecule has 1 aliphatic rings. The second-order valence-corrected chi connectivity index (χ2v) is 6.37. The minimum atomic E-state index is 0.562. The van der Waals surface area contributed by atoms with E-state index in [4.69, 9.17) is 4.74 Å². The number of hydrogen-bond acceptors (Lipinski definition) is 3. The lowest BCUT2D eigenvalue weighted by molar-refractivity contribution is 0.0935. The Morgan fingerprint density at radius 1 is 1.41 bits per heavy atom. The van der Waals surface area contributed by atoms with Gasteiger partial charge in [0, 0.05) is 32.3 Å². The Labute approximate surface area is 135 Å². The Hall–Kier alpha value is -1.16. The van der Waals surface area contributed by atoms with Crippen LogP contribution in [0.5, 0.6) is 0 Å². The van der Waals surface area contributed by atoms with Gasteiger partial charge in [-0.15, -0.1) is 0 Å². The summed E-state index contributed by atoms with van der Waals surface area (Å²) in [5, 5.41) is 3.59. The molecule has 0 spiro atoms. The van der Waals surface area contributed by atoms with Crippen LogP contribution >= 0.6 is 0 Å². The van der Waals surface area contributed by atoms with Gasteiger partial charge in [0.05, 0.1) is 6.61 Å². The maximum atomic E-state index is 5.34. The molecule has 122 valence electrons. The molecule has 0 aromatic heterocycles. The predicted octanol–water partition coefficient (Wildman–Crippen LogP) is 3.18. The predicted molar refractivity (Wildman–Crippen MR) is 94.0 cm³/mol. The Bertz CT molecular complexity index is 458. The lowest BCUT2D eigenvalue weighted by atomic mass is 10.1. The maximum Gasteiger partial charge on any atom is 0.0618 e. The van der Waals surface area contributed by atoms with Crippen molar-refractivity contribution in [3.05, 3.63) is 41.5 Å². The third-order valence-corrected chi connectivity index (χ3v) is 4.40. The highest BCUT2D eigenvalue weighted by atomic mass is 16.5. The molecule has 1 aromatic carbocycles. The van der Waals surface area contributed by atoms with Gasteiger partial charge in [-0.2, -0.15) is 0 Å². The molecule has 1 aromatic rings. The standard InChI is InChI=1S/C19H30N2O/c1-16(12-18-8-5-4-6-9-18)13-20-14-17(2)21-11-7-10-19(21)15-22-3/h4-6,8-9,12,17,19-20H,7,10-11,13-15H2,1-3H3/b16-12+. The van der Waals surface area contributed by atoms with E-state index in [2.05, 4.69) is 60.5 Å². The van der Waals surface area contributed by atoms with Gasteiger partial charge in [-0.3, -0.25) is 4.90 Å². The summed E-state index contributed by atoms with van der Waals surface area (Å²) >= 11 is 0. The lowest BCUT2D eigenvalue weighted by Crippen LogP contribution is -2.44. The molecule has 22 heavy (non-hydrogen) atoms. The van der Waals surface area contributed by atoms with E-state index in [1.165, 1.54) is 30.5 Å². The number of nitrogens with one attached hydrogen (secondary N) is 1. The number of nitrogens with zero attached hydrogens (tertiary/aromatic N) is 1. The van der Waals surface area contributed by atoms with E-state index in [0.29, 0.717) is 12.1 Å². The quantitative estimate of drug-likeness (QED) is 0.798. The molecule has 3 heteroatoms. The minimum Gasteiger partial charge on any atom is -0.383 e. The molecule has 0 amide bonds. The molecule has 3 nitrogen and oxygen atoms in total. The smallest absolute Gasteiger partial charge is 0.0618 e. The first-order valence-corrected chi connectivity index (χ1v) is 8.38. The SMILES string of the molecule is COCC1CCCN1C(C)CNC/C(C)=C/c1ccccc1. The van der Waals surface area contributed by atoms with Gasteiger partial charge in [0.2, 0.25) is 0 Å². The summed E-state index contributed by atoms with van der Waals surface area (Å²) in [4.78, 5) is 2.59. The molecule has 0 saturated carbocycles. The van der Waals surface area contributed by atoms with E-state index < -0.39 is 0 Å². The van der Waals surface area contributed by atoms with Gasteiger partial charge < -0.3 is 10.1 Å². The number of likely N-dealkylation sites (tertiary alicyclic amines) is 1. The van der Waals surface area contributed by atoms with Crippen LogP contribution in [0.3, 0.4) is 0 Å².